The molecule has 0 aliphatic carbocycles. The topological polar surface area (TPSA) is 79.3 Å². The first-order valence-electron chi connectivity index (χ1n) is 6.00. The minimum Gasteiger partial charge on any atom is -0.478 e. The Morgan fingerprint density at radius 1 is 1.35 bits per heavy atom. The van der Waals surface area contributed by atoms with Crippen molar-refractivity contribution in [2.24, 2.45) is 0 Å². The van der Waals surface area contributed by atoms with Crippen molar-refractivity contribution in [2.45, 2.75) is 20.3 Å². The fourth-order valence-corrected chi connectivity index (χ4v) is 2.35. The molecule has 1 aromatic carbocycles. The van der Waals surface area contributed by atoms with Gasteiger partial charge in [-0.15, -0.1) is 11.3 Å². The largest absolute Gasteiger partial charge is 0.478 e. The number of rotatable bonds is 4. The van der Waals surface area contributed by atoms with Gasteiger partial charge in [-0.1, -0.05) is 6.07 Å². The van der Waals surface area contributed by atoms with Gasteiger partial charge >= 0.3 is 5.97 Å². The summed E-state index contributed by atoms with van der Waals surface area (Å²) in [5, 5.41) is 14.4. The van der Waals surface area contributed by atoms with E-state index in [1.165, 1.54) is 23.5 Å². The van der Waals surface area contributed by atoms with E-state index in [1.54, 1.807) is 6.07 Å². The third-order valence-electron chi connectivity index (χ3n) is 2.77. The smallest absolute Gasteiger partial charge is 0.335 e. The molecule has 6 heteroatoms. The zero-order valence-electron chi connectivity index (χ0n) is 11.1. The van der Waals surface area contributed by atoms with Gasteiger partial charge in [-0.25, -0.2) is 9.78 Å². The van der Waals surface area contributed by atoms with E-state index in [9.17, 15) is 9.59 Å². The highest BCUT2D eigenvalue weighted by molar-refractivity contribution is 7.09. The number of nitrogens with one attached hydrogen (secondary N) is 1. The first-order valence-corrected chi connectivity index (χ1v) is 6.88. The Balaban J connectivity index is 2.11. The predicted molar refractivity (Wildman–Crippen MR) is 77.3 cm³/mol. The number of nitrogens with zero attached hydrogens (tertiary/aromatic N) is 1. The molecule has 0 unspecified atom stereocenters. The summed E-state index contributed by atoms with van der Waals surface area (Å²) in [4.78, 5) is 27.1. The Morgan fingerprint density at radius 3 is 2.70 bits per heavy atom. The lowest BCUT2D eigenvalue weighted by atomic mass is 10.1. The van der Waals surface area contributed by atoms with E-state index in [0.717, 1.165) is 16.3 Å². The van der Waals surface area contributed by atoms with Gasteiger partial charge in [0.05, 0.1) is 22.7 Å². The lowest BCUT2D eigenvalue weighted by Crippen LogP contribution is -2.16. The molecule has 0 atom stereocenters. The molecule has 104 valence electrons. The van der Waals surface area contributed by atoms with Crippen molar-refractivity contribution in [3.05, 3.63) is 45.4 Å². The molecule has 0 radical (unpaired) electrons. The van der Waals surface area contributed by atoms with Gasteiger partial charge in [-0.05, 0) is 31.5 Å². The van der Waals surface area contributed by atoms with Crippen LogP contribution in [0.4, 0.5) is 5.69 Å². The summed E-state index contributed by atoms with van der Waals surface area (Å²) in [5.74, 6) is -1.23. The summed E-state index contributed by atoms with van der Waals surface area (Å²) in [5.41, 5.74) is 2.20. The van der Waals surface area contributed by atoms with Crippen LogP contribution >= 0.6 is 11.3 Å². The van der Waals surface area contributed by atoms with Crippen molar-refractivity contribution in [3.8, 4) is 0 Å². The van der Waals surface area contributed by atoms with Crippen molar-refractivity contribution in [3.63, 3.8) is 0 Å². The molecule has 0 aliphatic heterocycles. The van der Waals surface area contributed by atoms with Crippen LogP contribution in [-0.4, -0.2) is 22.0 Å². The molecule has 0 bridgehead atoms. The molecule has 0 saturated carbocycles. The summed E-state index contributed by atoms with van der Waals surface area (Å²) >= 11 is 1.49. The van der Waals surface area contributed by atoms with Crippen LogP contribution in [-0.2, 0) is 11.2 Å². The highest BCUT2D eigenvalue weighted by Gasteiger charge is 2.10. The van der Waals surface area contributed by atoms with Gasteiger partial charge in [-0.2, -0.15) is 0 Å². The van der Waals surface area contributed by atoms with Gasteiger partial charge in [0.1, 0.15) is 0 Å². The Bertz CT molecular complexity index is 664. The molecule has 20 heavy (non-hydrogen) atoms. The number of hydrogen-bond acceptors (Lipinski definition) is 4. The van der Waals surface area contributed by atoms with Crippen molar-refractivity contribution in [1.29, 1.82) is 0 Å². The molecule has 0 fully saturated rings. The molecule has 0 saturated heterocycles. The molecule has 1 aromatic heterocycles. The number of thiazole rings is 1. The summed E-state index contributed by atoms with van der Waals surface area (Å²) in [6, 6.07) is 4.64. The van der Waals surface area contributed by atoms with Gasteiger partial charge in [-0.3, -0.25) is 4.79 Å². The second-order valence-electron chi connectivity index (χ2n) is 4.42. The Hall–Kier alpha value is -2.21. The van der Waals surface area contributed by atoms with Crippen LogP contribution in [0.5, 0.6) is 0 Å². The lowest BCUT2D eigenvalue weighted by molar-refractivity contribution is -0.115. The van der Waals surface area contributed by atoms with Crippen molar-refractivity contribution in [1.82, 2.24) is 4.98 Å². The number of amides is 1. The number of benzene rings is 1. The molecule has 2 N–H and O–H groups in total. The normalized spacial score (nSPS) is 10.3. The van der Waals surface area contributed by atoms with Crippen LogP contribution in [0.25, 0.3) is 0 Å². The third kappa shape index (κ3) is 3.42. The average Bonchev–Trinajstić information content (AvgIpc) is 2.77. The molecule has 1 amide bonds. The maximum atomic E-state index is 11.9. The number of aromatic nitrogens is 1. The number of aromatic carboxylic acids is 1. The van der Waals surface area contributed by atoms with E-state index in [0.29, 0.717) is 5.69 Å². The van der Waals surface area contributed by atoms with E-state index in [2.05, 4.69) is 10.3 Å². The Kier molecular flexibility index (Phi) is 4.14. The van der Waals surface area contributed by atoms with Gasteiger partial charge in [0, 0.05) is 11.1 Å². The van der Waals surface area contributed by atoms with Gasteiger partial charge in [0.15, 0.2) is 0 Å². The number of carboxylic acids is 1. The van der Waals surface area contributed by atoms with E-state index < -0.39 is 5.97 Å². The van der Waals surface area contributed by atoms with E-state index in [4.69, 9.17) is 5.11 Å². The summed E-state index contributed by atoms with van der Waals surface area (Å²) in [6.45, 7) is 3.70. The predicted octanol–water partition coefficient (Wildman–Crippen LogP) is 2.64. The first-order chi connectivity index (χ1) is 9.45. The number of hydrogen-bond donors (Lipinski definition) is 2. The van der Waals surface area contributed by atoms with Crippen molar-refractivity contribution < 1.29 is 14.7 Å². The van der Waals surface area contributed by atoms with Gasteiger partial charge < -0.3 is 10.4 Å². The fraction of sp³-hybridized carbons (Fsp3) is 0.214. The molecule has 5 nitrogen and oxygen atoms in total. The SMILES string of the molecule is Cc1nc(CC(=O)Nc2cc(C(=O)O)ccc2C)cs1. The zero-order valence-corrected chi connectivity index (χ0v) is 12.0. The minimum atomic E-state index is -1.02. The van der Waals surface area contributed by atoms with Gasteiger partial charge in [0.2, 0.25) is 5.91 Å². The lowest BCUT2D eigenvalue weighted by Gasteiger charge is -2.08. The monoisotopic (exact) mass is 290 g/mol. The second-order valence-corrected chi connectivity index (χ2v) is 5.48. The quantitative estimate of drug-likeness (QED) is 0.907. The maximum absolute atomic E-state index is 11.9. The highest BCUT2D eigenvalue weighted by atomic mass is 32.1. The standard InChI is InChI=1S/C14H14N2O3S/c1-8-3-4-10(14(18)19)5-12(8)16-13(17)6-11-7-20-9(2)15-11/h3-5,7H,6H2,1-2H3,(H,16,17)(H,18,19). The number of carbonyl (C=O) groups is 2. The molecule has 0 spiro atoms. The van der Waals surface area contributed by atoms with Crippen LogP contribution in [0, 0.1) is 13.8 Å². The Morgan fingerprint density at radius 2 is 2.10 bits per heavy atom. The molecular formula is C14H14N2O3S. The number of carbonyl (C=O) groups excluding carboxylic acids is 1. The zero-order chi connectivity index (χ0) is 14.7. The number of anilines is 1. The van der Waals surface area contributed by atoms with Crippen LogP contribution < -0.4 is 5.32 Å². The average molecular weight is 290 g/mol. The molecular weight excluding hydrogens is 276 g/mol. The molecule has 1 heterocycles. The van der Waals surface area contributed by atoms with Gasteiger partial charge in [0.25, 0.3) is 0 Å². The number of aryl methyl sites for hydroxylation is 2. The Labute approximate surface area is 120 Å². The minimum absolute atomic E-state index is 0.149. The van der Waals surface area contributed by atoms with Crippen LogP contribution in [0.2, 0.25) is 0 Å². The van der Waals surface area contributed by atoms with E-state index >= 15 is 0 Å². The van der Waals surface area contributed by atoms with E-state index in [1.807, 2.05) is 19.2 Å². The van der Waals surface area contributed by atoms with Crippen LogP contribution in [0.1, 0.15) is 26.6 Å². The summed E-state index contributed by atoms with van der Waals surface area (Å²) in [7, 11) is 0. The second kappa shape index (κ2) is 5.83. The molecule has 2 aromatic rings. The number of carboxylic acid groups (broad SMARTS) is 1. The van der Waals surface area contributed by atoms with Crippen molar-refractivity contribution in [2.75, 3.05) is 5.32 Å². The highest BCUT2D eigenvalue weighted by Crippen LogP contribution is 2.17. The molecule has 2 rings (SSSR count). The van der Waals surface area contributed by atoms with E-state index in [-0.39, 0.29) is 17.9 Å². The van der Waals surface area contributed by atoms with Crippen molar-refractivity contribution >= 4 is 28.9 Å². The van der Waals surface area contributed by atoms with Crippen LogP contribution in [0.15, 0.2) is 23.6 Å². The fourth-order valence-electron chi connectivity index (χ4n) is 1.74. The third-order valence-corrected chi connectivity index (χ3v) is 3.59. The molecule has 0 aliphatic rings. The first kappa shape index (κ1) is 14.2. The van der Waals surface area contributed by atoms with Crippen LogP contribution in [0.3, 0.4) is 0 Å². The summed E-state index contributed by atoms with van der Waals surface area (Å²) < 4.78 is 0. The summed E-state index contributed by atoms with van der Waals surface area (Å²) in [6.07, 6.45) is 0.182. The maximum Gasteiger partial charge on any atom is 0.335 e.